The normalized spacial score (nSPS) is 27.9. The zero-order valence-corrected chi connectivity index (χ0v) is 6.06. The van der Waals surface area contributed by atoms with Gasteiger partial charge < -0.3 is 19.4 Å². The van der Waals surface area contributed by atoms with Crippen LogP contribution < -0.4 is 0 Å². The minimum absolute atomic E-state index is 0.318. The summed E-state index contributed by atoms with van der Waals surface area (Å²) in [6.07, 6.45) is 0.118. The lowest BCUT2D eigenvalue weighted by Gasteiger charge is -1.99. The third-order valence-corrected chi connectivity index (χ3v) is 1.53. The van der Waals surface area contributed by atoms with Crippen molar-refractivity contribution in [1.82, 2.24) is 0 Å². The standard InChI is InChI=1S/C5H9BO5/c1-10-5(7)3-2-4(3)11-6(8)9/h3-4,8-9H,2H2,1H3/t3-,4-/m1/s1. The van der Waals surface area contributed by atoms with Gasteiger partial charge in [0, 0.05) is 0 Å². The smallest absolute Gasteiger partial charge is 0.469 e. The topological polar surface area (TPSA) is 76.0 Å². The van der Waals surface area contributed by atoms with Crippen molar-refractivity contribution in [3.8, 4) is 0 Å². The van der Waals surface area contributed by atoms with E-state index in [9.17, 15) is 4.79 Å². The van der Waals surface area contributed by atoms with Gasteiger partial charge in [-0.3, -0.25) is 4.79 Å². The van der Waals surface area contributed by atoms with Gasteiger partial charge in [0.2, 0.25) is 0 Å². The highest BCUT2D eigenvalue weighted by Gasteiger charge is 2.46. The van der Waals surface area contributed by atoms with Gasteiger partial charge in [0.1, 0.15) is 0 Å². The lowest BCUT2D eigenvalue weighted by molar-refractivity contribution is -0.142. The van der Waals surface area contributed by atoms with Gasteiger partial charge in [0.05, 0.1) is 19.1 Å². The molecule has 1 saturated carbocycles. The van der Waals surface area contributed by atoms with E-state index in [0.717, 1.165) is 0 Å². The van der Waals surface area contributed by atoms with Crippen LogP contribution in [0.25, 0.3) is 0 Å². The molecule has 0 heterocycles. The zero-order chi connectivity index (χ0) is 8.43. The molecule has 0 unspecified atom stereocenters. The van der Waals surface area contributed by atoms with Crippen LogP contribution in [0, 0.1) is 5.92 Å². The van der Waals surface area contributed by atoms with E-state index in [1.165, 1.54) is 7.11 Å². The van der Waals surface area contributed by atoms with Gasteiger partial charge in [0.15, 0.2) is 0 Å². The van der Waals surface area contributed by atoms with E-state index in [4.69, 9.17) is 10.0 Å². The number of methoxy groups -OCH3 is 1. The number of hydrogen-bond acceptors (Lipinski definition) is 5. The van der Waals surface area contributed by atoms with Crippen LogP contribution in [0.1, 0.15) is 6.42 Å². The molecule has 0 aromatic heterocycles. The average Bonchev–Trinajstić information content (AvgIpc) is 2.65. The number of carbonyl (C=O) groups excluding carboxylic acids is 1. The van der Waals surface area contributed by atoms with Crippen LogP contribution in [0.5, 0.6) is 0 Å². The highest BCUT2D eigenvalue weighted by atomic mass is 16.6. The van der Waals surface area contributed by atoms with E-state index in [2.05, 4.69) is 9.39 Å². The van der Waals surface area contributed by atoms with Gasteiger partial charge in [-0.2, -0.15) is 0 Å². The maximum atomic E-state index is 10.7. The molecule has 5 nitrogen and oxygen atoms in total. The van der Waals surface area contributed by atoms with Crippen molar-refractivity contribution < 1.29 is 24.2 Å². The third kappa shape index (κ3) is 2.18. The van der Waals surface area contributed by atoms with Crippen molar-refractivity contribution in [2.45, 2.75) is 12.5 Å². The molecule has 2 atom stereocenters. The lowest BCUT2D eigenvalue weighted by atomic mass is 10.2. The van der Waals surface area contributed by atoms with Crippen molar-refractivity contribution in [1.29, 1.82) is 0 Å². The van der Waals surface area contributed by atoms with Crippen molar-refractivity contribution in [2.24, 2.45) is 5.92 Å². The van der Waals surface area contributed by atoms with Crippen LogP contribution in [0.4, 0.5) is 0 Å². The molecule has 0 radical (unpaired) electrons. The summed E-state index contributed by atoms with van der Waals surface area (Å²) in [5, 5.41) is 16.6. The molecular formula is C5H9BO5. The summed E-state index contributed by atoms with van der Waals surface area (Å²) < 4.78 is 8.91. The summed E-state index contributed by atoms with van der Waals surface area (Å²) in [7, 11) is -0.512. The van der Waals surface area contributed by atoms with E-state index in [0.29, 0.717) is 6.42 Å². The molecule has 2 N–H and O–H groups in total. The Hall–Kier alpha value is -0.585. The molecule has 1 aliphatic rings. The van der Waals surface area contributed by atoms with Gasteiger partial charge >= 0.3 is 13.3 Å². The Morgan fingerprint density at radius 3 is 2.73 bits per heavy atom. The molecule has 1 aliphatic carbocycles. The zero-order valence-electron chi connectivity index (χ0n) is 6.06. The molecule has 0 aromatic carbocycles. The molecule has 11 heavy (non-hydrogen) atoms. The van der Waals surface area contributed by atoms with Crippen LogP contribution >= 0.6 is 0 Å². The van der Waals surface area contributed by atoms with Crippen LogP contribution in [0.2, 0.25) is 0 Å². The Morgan fingerprint density at radius 1 is 1.64 bits per heavy atom. The molecule has 1 fully saturated rings. The van der Waals surface area contributed by atoms with Crippen molar-refractivity contribution in [2.75, 3.05) is 7.11 Å². The molecule has 0 saturated heterocycles. The molecule has 0 aromatic rings. The molecule has 0 spiro atoms. The molecule has 0 bridgehead atoms. The number of carbonyl (C=O) groups is 1. The summed E-state index contributed by atoms with van der Waals surface area (Å²) in [5.74, 6) is -0.683. The summed E-state index contributed by atoms with van der Waals surface area (Å²) >= 11 is 0. The number of hydrogen-bond donors (Lipinski definition) is 2. The Labute approximate surface area is 64.1 Å². The highest BCUT2D eigenvalue weighted by Crippen LogP contribution is 2.34. The first kappa shape index (κ1) is 8.51. The molecular weight excluding hydrogens is 151 g/mol. The fourth-order valence-corrected chi connectivity index (χ4v) is 0.878. The predicted octanol–water partition coefficient (Wildman–Crippen LogP) is -1.47. The van der Waals surface area contributed by atoms with Gasteiger partial charge in [-0.25, -0.2) is 0 Å². The SMILES string of the molecule is COC(=O)[C@@H]1C[C@H]1OB(O)O. The van der Waals surface area contributed by atoms with Crippen molar-refractivity contribution >= 4 is 13.3 Å². The summed E-state index contributed by atoms with van der Waals surface area (Å²) in [6, 6.07) is 0. The second-order valence-corrected chi connectivity index (χ2v) is 2.37. The first-order valence-corrected chi connectivity index (χ1v) is 3.24. The Balaban J connectivity index is 2.21. The van der Waals surface area contributed by atoms with Crippen LogP contribution in [-0.4, -0.2) is 36.6 Å². The average molecular weight is 160 g/mol. The molecule has 62 valence electrons. The Kier molecular flexibility index (Phi) is 2.48. The first-order chi connectivity index (χ1) is 5.15. The Bertz CT molecular complexity index is 159. The van der Waals surface area contributed by atoms with Crippen LogP contribution in [-0.2, 0) is 14.2 Å². The second kappa shape index (κ2) is 3.21. The summed E-state index contributed by atoms with van der Waals surface area (Å²) in [6.45, 7) is 0. The minimum atomic E-state index is -1.80. The van der Waals surface area contributed by atoms with Crippen LogP contribution in [0.3, 0.4) is 0 Å². The molecule has 0 amide bonds. The third-order valence-electron chi connectivity index (χ3n) is 1.53. The highest BCUT2D eigenvalue weighted by molar-refractivity contribution is 6.32. The predicted molar refractivity (Wildman–Crippen MR) is 35.2 cm³/mol. The van der Waals surface area contributed by atoms with E-state index < -0.39 is 7.32 Å². The van der Waals surface area contributed by atoms with Gasteiger partial charge in [-0.05, 0) is 6.42 Å². The first-order valence-electron chi connectivity index (χ1n) is 3.24. The molecule has 6 heteroatoms. The van der Waals surface area contributed by atoms with E-state index in [1.54, 1.807) is 0 Å². The summed E-state index contributed by atoms with van der Waals surface area (Å²) in [4.78, 5) is 10.7. The lowest BCUT2D eigenvalue weighted by Crippen LogP contribution is -2.20. The fraction of sp³-hybridized carbons (Fsp3) is 0.800. The minimum Gasteiger partial charge on any atom is -0.469 e. The largest absolute Gasteiger partial charge is 0.634 e. The number of ether oxygens (including phenoxy) is 1. The van der Waals surface area contributed by atoms with Crippen LogP contribution in [0.15, 0.2) is 0 Å². The molecule has 0 aliphatic heterocycles. The van der Waals surface area contributed by atoms with E-state index >= 15 is 0 Å². The quantitative estimate of drug-likeness (QED) is 0.389. The van der Waals surface area contributed by atoms with Crippen molar-refractivity contribution in [3.63, 3.8) is 0 Å². The molecule has 1 rings (SSSR count). The maximum Gasteiger partial charge on any atom is 0.634 e. The van der Waals surface area contributed by atoms with Crippen molar-refractivity contribution in [3.05, 3.63) is 0 Å². The van der Waals surface area contributed by atoms with E-state index in [-0.39, 0.29) is 18.0 Å². The van der Waals surface area contributed by atoms with Gasteiger partial charge in [-0.1, -0.05) is 0 Å². The van der Waals surface area contributed by atoms with E-state index in [1.807, 2.05) is 0 Å². The maximum absolute atomic E-state index is 10.7. The Morgan fingerprint density at radius 2 is 2.27 bits per heavy atom. The van der Waals surface area contributed by atoms with Gasteiger partial charge in [-0.15, -0.1) is 0 Å². The number of rotatable bonds is 3. The summed E-state index contributed by atoms with van der Waals surface area (Å²) in [5.41, 5.74) is 0. The number of esters is 1. The second-order valence-electron chi connectivity index (χ2n) is 2.37. The van der Waals surface area contributed by atoms with Gasteiger partial charge in [0.25, 0.3) is 0 Å². The fourth-order valence-electron chi connectivity index (χ4n) is 0.878. The monoisotopic (exact) mass is 160 g/mol.